The van der Waals surface area contributed by atoms with Crippen molar-refractivity contribution in [2.45, 2.75) is 13.5 Å². The molecule has 0 saturated carbocycles. The number of nitro benzene ring substituents is 3. The predicted octanol–water partition coefficient (Wildman–Crippen LogP) is 4.80. The van der Waals surface area contributed by atoms with E-state index in [1.165, 1.54) is 31.2 Å². The first-order chi connectivity index (χ1) is 15.6. The minimum atomic E-state index is -0.818. The summed E-state index contributed by atoms with van der Waals surface area (Å²) in [6, 6.07) is 8.34. The summed E-state index contributed by atoms with van der Waals surface area (Å²) in [6.07, 6.45) is 0. The van der Waals surface area contributed by atoms with Crippen molar-refractivity contribution in [3.05, 3.63) is 94.9 Å². The molecular weight excluding hydrogens is 464 g/mol. The molecule has 0 atom stereocenters. The van der Waals surface area contributed by atoms with E-state index in [9.17, 15) is 35.1 Å². The number of amides is 1. The van der Waals surface area contributed by atoms with Crippen LogP contribution in [0.2, 0.25) is 5.02 Å². The van der Waals surface area contributed by atoms with Gasteiger partial charge in [0.25, 0.3) is 23.0 Å². The molecule has 0 unspecified atom stereocenters. The molecular formula is C19H13ClN4O9. The van der Waals surface area contributed by atoms with Gasteiger partial charge in [0.05, 0.1) is 31.5 Å². The number of nitro groups is 3. The third-order valence-electron chi connectivity index (χ3n) is 4.39. The molecule has 0 radical (unpaired) electrons. The molecule has 33 heavy (non-hydrogen) atoms. The van der Waals surface area contributed by atoms with Gasteiger partial charge >= 0.3 is 0 Å². The minimum absolute atomic E-state index is 0.0348. The number of hydrogen-bond acceptors (Lipinski definition) is 9. The highest BCUT2D eigenvalue weighted by atomic mass is 35.5. The van der Waals surface area contributed by atoms with Crippen LogP contribution in [0.25, 0.3) is 0 Å². The molecule has 1 amide bonds. The van der Waals surface area contributed by atoms with Crippen LogP contribution in [0.5, 0.6) is 5.75 Å². The van der Waals surface area contributed by atoms with Gasteiger partial charge in [0, 0.05) is 18.2 Å². The maximum atomic E-state index is 12.4. The van der Waals surface area contributed by atoms with E-state index in [0.29, 0.717) is 0 Å². The first-order valence-corrected chi connectivity index (χ1v) is 9.35. The molecule has 0 spiro atoms. The van der Waals surface area contributed by atoms with Crippen molar-refractivity contribution >= 4 is 40.3 Å². The Kier molecular flexibility index (Phi) is 6.53. The number of carbonyl (C=O) groups is 1. The molecule has 170 valence electrons. The van der Waals surface area contributed by atoms with Crippen molar-refractivity contribution in [2.75, 3.05) is 5.32 Å². The smallest absolute Gasteiger partial charge is 0.291 e. The molecule has 1 N–H and O–H groups in total. The number of carbonyl (C=O) groups excluding carboxylic acids is 1. The van der Waals surface area contributed by atoms with Crippen LogP contribution in [0, 0.1) is 37.3 Å². The molecule has 0 aliphatic rings. The Morgan fingerprint density at radius 1 is 1.00 bits per heavy atom. The van der Waals surface area contributed by atoms with Gasteiger partial charge in [-0.1, -0.05) is 11.6 Å². The van der Waals surface area contributed by atoms with Gasteiger partial charge in [0.2, 0.25) is 0 Å². The lowest BCUT2D eigenvalue weighted by Gasteiger charge is -2.07. The summed E-state index contributed by atoms with van der Waals surface area (Å²) in [5.74, 6) is -0.817. The summed E-state index contributed by atoms with van der Waals surface area (Å²) in [4.78, 5) is 43.5. The molecule has 3 aromatic rings. The van der Waals surface area contributed by atoms with Gasteiger partial charge in [0.1, 0.15) is 23.7 Å². The number of furan rings is 1. The second kappa shape index (κ2) is 9.32. The number of benzene rings is 2. The van der Waals surface area contributed by atoms with Gasteiger partial charge in [0.15, 0.2) is 5.76 Å². The largest absolute Gasteiger partial charge is 0.484 e. The maximum Gasteiger partial charge on any atom is 0.291 e. The van der Waals surface area contributed by atoms with Crippen LogP contribution in [-0.4, -0.2) is 20.7 Å². The fourth-order valence-corrected chi connectivity index (χ4v) is 2.94. The summed E-state index contributed by atoms with van der Waals surface area (Å²) in [6.45, 7) is 1.02. The van der Waals surface area contributed by atoms with Crippen molar-refractivity contribution in [3.63, 3.8) is 0 Å². The number of rotatable bonds is 8. The molecule has 3 rings (SSSR count). The van der Waals surface area contributed by atoms with E-state index in [1.54, 1.807) is 0 Å². The van der Waals surface area contributed by atoms with Crippen LogP contribution in [0.1, 0.15) is 21.9 Å². The van der Waals surface area contributed by atoms with Crippen LogP contribution in [0.15, 0.2) is 46.9 Å². The van der Waals surface area contributed by atoms with E-state index >= 15 is 0 Å². The summed E-state index contributed by atoms with van der Waals surface area (Å²) in [5.41, 5.74) is -1.60. The Balaban J connectivity index is 1.74. The normalized spacial score (nSPS) is 10.5. The molecule has 13 nitrogen and oxygen atoms in total. The van der Waals surface area contributed by atoms with E-state index in [4.69, 9.17) is 20.8 Å². The van der Waals surface area contributed by atoms with Gasteiger partial charge in [-0.2, -0.15) is 0 Å². The number of non-ortho nitro benzene ring substituents is 1. The summed E-state index contributed by atoms with van der Waals surface area (Å²) >= 11 is 5.96. The number of ether oxygens (including phenoxy) is 1. The first kappa shape index (κ1) is 23.1. The first-order valence-electron chi connectivity index (χ1n) is 8.97. The fourth-order valence-electron chi connectivity index (χ4n) is 2.77. The number of hydrogen-bond donors (Lipinski definition) is 1. The van der Waals surface area contributed by atoms with Gasteiger partial charge in [-0.15, -0.1) is 0 Å². The lowest BCUT2D eigenvalue weighted by molar-refractivity contribution is -0.395. The van der Waals surface area contributed by atoms with Crippen molar-refractivity contribution in [1.29, 1.82) is 0 Å². The van der Waals surface area contributed by atoms with Crippen LogP contribution in [-0.2, 0) is 6.61 Å². The summed E-state index contributed by atoms with van der Waals surface area (Å²) in [7, 11) is 0. The maximum absolute atomic E-state index is 12.4. The van der Waals surface area contributed by atoms with Gasteiger partial charge in [-0.05, 0) is 25.1 Å². The molecule has 2 aromatic carbocycles. The van der Waals surface area contributed by atoms with E-state index in [0.717, 1.165) is 18.2 Å². The molecule has 0 bridgehead atoms. The summed E-state index contributed by atoms with van der Waals surface area (Å²) < 4.78 is 10.8. The standard InChI is InChI=1S/C19H13ClN4O9/c1-10-15(23(28)29)6-11(7-16(10)24(30)31)21-19(25)17-5-3-13(33-17)9-32-18-8-12(22(26)27)2-4-14(18)20/h2-8H,9H2,1H3,(H,21,25). The lowest BCUT2D eigenvalue weighted by Crippen LogP contribution is -2.12. The highest BCUT2D eigenvalue weighted by molar-refractivity contribution is 6.32. The summed E-state index contributed by atoms with van der Waals surface area (Å²) in [5, 5.41) is 35.7. The third-order valence-corrected chi connectivity index (χ3v) is 4.70. The molecule has 1 aromatic heterocycles. The SMILES string of the molecule is Cc1c([N+](=O)[O-])cc(NC(=O)c2ccc(COc3cc([N+](=O)[O-])ccc3Cl)o2)cc1[N+](=O)[O-]. The highest BCUT2D eigenvalue weighted by Gasteiger charge is 2.24. The van der Waals surface area contributed by atoms with Crippen molar-refractivity contribution in [3.8, 4) is 5.75 Å². The molecule has 0 aliphatic heterocycles. The number of anilines is 1. The quantitative estimate of drug-likeness (QED) is 0.352. The van der Waals surface area contributed by atoms with Gasteiger partial charge < -0.3 is 14.5 Å². The number of halogens is 1. The van der Waals surface area contributed by atoms with E-state index in [2.05, 4.69) is 5.32 Å². The van der Waals surface area contributed by atoms with E-state index < -0.39 is 32.1 Å². The van der Waals surface area contributed by atoms with Gasteiger partial charge in [-0.25, -0.2) is 0 Å². The van der Waals surface area contributed by atoms with E-state index in [1.807, 2.05) is 0 Å². The number of nitrogens with one attached hydrogen (secondary N) is 1. The van der Waals surface area contributed by atoms with Gasteiger partial charge in [-0.3, -0.25) is 35.1 Å². The molecule has 14 heteroatoms. The fraction of sp³-hybridized carbons (Fsp3) is 0.105. The second-order valence-electron chi connectivity index (χ2n) is 6.53. The van der Waals surface area contributed by atoms with Crippen LogP contribution < -0.4 is 10.1 Å². The van der Waals surface area contributed by atoms with Crippen LogP contribution >= 0.6 is 11.6 Å². The average Bonchev–Trinajstić information content (AvgIpc) is 3.23. The Labute approximate surface area is 189 Å². The average molecular weight is 477 g/mol. The monoisotopic (exact) mass is 476 g/mol. The zero-order valence-corrected chi connectivity index (χ0v) is 17.4. The molecule has 0 fully saturated rings. The second-order valence-corrected chi connectivity index (χ2v) is 6.94. The minimum Gasteiger partial charge on any atom is -0.484 e. The zero-order valence-electron chi connectivity index (χ0n) is 16.6. The Morgan fingerprint density at radius 2 is 1.64 bits per heavy atom. The highest BCUT2D eigenvalue weighted by Crippen LogP contribution is 2.32. The molecule has 1 heterocycles. The zero-order chi connectivity index (χ0) is 24.3. The van der Waals surface area contributed by atoms with Crippen LogP contribution in [0.4, 0.5) is 22.7 Å². The topological polar surface area (TPSA) is 181 Å². The Morgan fingerprint density at radius 3 is 2.21 bits per heavy atom. The van der Waals surface area contributed by atoms with Crippen LogP contribution in [0.3, 0.4) is 0 Å². The number of nitrogens with zero attached hydrogens (tertiary/aromatic N) is 3. The third kappa shape index (κ3) is 5.22. The van der Waals surface area contributed by atoms with Crippen molar-refractivity contribution in [1.82, 2.24) is 0 Å². The molecule has 0 saturated heterocycles. The molecule has 0 aliphatic carbocycles. The lowest BCUT2D eigenvalue weighted by atomic mass is 10.1. The predicted molar refractivity (Wildman–Crippen MR) is 114 cm³/mol. The Hall–Kier alpha value is -4.52. The Bertz CT molecular complexity index is 1250. The van der Waals surface area contributed by atoms with Crippen molar-refractivity contribution in [2.24, 2.45) is 0 Å². The van der Waals surface area contributed by atoms with E-state index in [-0.39, 0.29) is 45.8 Å². The van der Waals surface area contributed by atoms with Crippen molar-refractivity contribution < 1.29 is 28.7 Å².